The van der Waals surface area contributed by atoms with Gasteiger partial charge in [0.05, 0.1) is 24.0 Å². The summed E-state index contributed by atoms with van der Waals surface area (Å²) in [6, 6.07) is 17.0. The summed E-state index contributed by atoms with van der Waals surface area (Å²) in [4.78, 5) is 20.5. The van der Waals surface area contributed by atoms with Gasteiger partial charge < -0.3 is 10.2 Å². The first kappa shape index (κ1) is 17.5. The van der Waals surface area contributed by atoms with Gasteiger partial charge in [-0.3, -0.25) is 9.78 Å². The van der Waals surface area contributed by atoms with Gasteiger partial charge in [0.15, 0.2) is 0 Å². The number of benzene rings is 2. The number of aromatic nitrogens is 4. The maximum absolute atomic E-state index is 11.4. The van der Waals surface area contributed by atoms with Crippen molar-refractivity contribution in [2.45, 2.75) is 13.3 Å². The maximum atomic E-state index is 11.4. The number of aryl methyl sites for hydroxylation is 1. The van der Waals surface area contributed by atoms with Gasteiger partial charge >= 0.3 is 0 Å². The Kier molecular flexibility index (Phi) is 4.63. The molecule has 0 unspecified atom stereocenters. The summed E-state index contributed by atoms with van der Waals surface area (Å²) in [5.41, 5.74) is 9.55. The quantitative estimate of drug-likeness (QED) is 0.564. The van der Waals surface area contributed by atoms with Crippen LogP contribution in [0.2, 0.25) is 0 Å². The molecule has 2 heterocycles. The highest BCUT2D eigenvalue weighted by molar-refractivity contribution is 5.80. The molecule has 144 valence electrons. The van der Waals surface area contributed by atoms with Gasteiger partial charge in [0.2, 0.25) is 11.8 Å². The number of primary amides is 1. The molecule has 0 spiro atoms. The number of carbonyl (C=O) groups excluding carboxylic acids is 1. The van der Waals surface area contributed by atoms with E-state index in [4.69, 9.17) is 10.2 Å². The molecule has 0 atom stereocenters. The predicted octanol–water partition coefficient (Wildman–Crippen LogP) is 3.93. The third-order valence-corrected chi connectivity index (χ3v) is 4.26. The summed E-state index contributed by atoms with van der Waals surface area (Å²) in [5.74, 6) is 0.298. The van der Waals surface area contributed by atoms with Crippen molar-refractivity contribution >= 4 is 5.91 Å². The molecule has 7 heteroatoms. The van der Waals surface area contributed by atoms with Crippen molar-refractivity contribution in [1.29, 1.82) is 0 Å². The normalized spacial score (nSPS) is 10.8. The fourth-order valence-electron chi connectivity index (χ4n) is 2.91. The average Bonchev–Trinajstić information content (AvgIpc) is 3.19. The monoisotopic (exact) mass is 377 g/mol. The molecule has 0 fully saturated rings. The third-order valence-electron chi connectivity index (χ3n) is 4.26. The SMILES string of the molecule is Cc1ncc(-c2ccccc2CC(N)=O)nc1-c1nnc(-c2ccccc2)o1.[HH].[HH].[HH]. The molecule has 2 N–H and O–H groups in total. The zero-order valence-electron chi connectivity index (χ0n) is 15.2. The molecule has 0 bridgehead atoms. The van der Waals surface area contributed by atoms with Crippen molar-refractivity contribution in [2.24, 2.45) is 5.73 Å². The molecule has 2 aromatic heterocycles. The molecule has 0 saturated heterocycles. The van der Waals surface area contributed by atoms with Crippen LogP contribution in [0.15, 0.2) is 65.2 Å². The molecule has 1 amide bonds. The first-order valence-corrected chi connectivity index (χ1v) is 8.71. The lowest BCUT2D eigenvalue weighted by Gasteiger charge is -2.09. The molecule has 0 aliphatic heterocycles. The fourth-order valence-corrected chi connectivity index (χ4v) is 2.91. The Labute approximate surface area is 165 Å². The van der Waals surface area contributed by atoms with Crippen LogP contribution < -0.4 is 5.73 Å². The predicted molar refractivity (Wildman–Crippen MR) is 110 cm³/mol. The Morgan fingerprint density at radius 1 is 1.04 bits per heavy atom. The number of nitrogens with two attached hydrogens (primary N) is 1. The van der Waals surface area contributed by atoms with E-state index in [1.807, 2.05) is 61.5 Å². The summed E-state index contributed by atoms with van der Waals surface area (Å²) in [7, 11) is 0. The van der Waals surface area contributed by atoms with Crippen LogP contribution in [0.4, 0.5) is 0 Å². The molecule has 0 aliphatic rings. The molecule has 0 saturated carbocycles. The number of nitrogens with zero attached hydrogens (tertiary/aromatic N) is 4. The molecule has 28 heavy (non-hydrogen) atoms. The van der Waals surface area contributed by atoms with E-state index in [1.165, 1.54) is 0 Å². The lowest BCUT2D eigenvalue weighted by molar-refractivity contribution is -0.117. The van der Waals surface area contributed by atoms with E-state index in [-0.39, 0.29) is 16.6 Å². The van der Waals surface area contributed by atoms with Gasteiger partial charge in [0.1, 0.15) is 5.69 Å². The molecule has 4 rings (SSSR count). The van der Waals surface area contributed by atoms with Gasteiger partial charge in [-0.25, -0.2) is 4.98 Å². The first-order chi connectivity index (χ1) is 13.6. The van der Waals surface area contributed by atoms with Gasteiger partial charge in [-0.05, 0) is 24.6 Å². The summed E-state index contributed by atoms with van der Waals surface area (Å²) in [6.45, 7) is 1.83. The first-order valence-electron chi connectivity index (χ1n) is 8.71. The minimum atomic E-state index is -0.405. The number of rotatable bonds is 5. The van der Waals surface area contributed by atoms with Crippen LogP contribution in [0.1, 0.15) is 15.5 Å². The van der Waals surface area contributed by atoms with Crippen LogP contribution in [0.25, 0.3) is 34.3 Å². The van der Waals surface area contributed by atoms with Crippen LogP contribution in [0.5, 0.6) is 0 Å². The largest absolute Gasteiger partial charge is 0.415 e. The molecule has 7 nitrogen and oxygen atoms in total. The van der Waals surface area contributed by atoms with E-state index >= 15 is 0 Å². The van der Waals surface area contributed by atoms with Gasteiger partial charge in [0.25, 0.3) is 5.89 Å². The number of amides is 1. The average molecular weight is 377 g/mol. The molecule has 2 aromatic carbocycles. The molecular formula is C21H23N5O2. The smallest absolute Gasteiger partial charge is 0.268 e. The van der Waals surface area contributed by atoms with E-state index in [9.17, 15) is 4.79 Å². The van der Waals surface area contributed by atoms with Crippen molar-refractivity contribution in [3.8, 4) is 34.3 Å². The maximum Gasteiger partial charge on any atom is 0.268 e. The van der Waals surface area contributed by atoms with E-state index in [2.05, 4.69) is 20.2 Å². The van der Waals surface area contributed by atoms with Crippen molar-refractivity contribution in [2.75, 3.05) is 0 Å². The lowest BCUT2D eigenvalue weighted by atomic mass is 10.0. The molecular weight excluding hydrogens is 354 g/mol. The Morgan fingerprint density at radius 3 is 2.54 bits per heavy atom. The zero-order valence-corrected chi connectivity index (χ0v) is 15.2. The van der Waals surface area contributed by atoms with Crippen LogP contribution >= 0.6 is 0 Å². The van der Waals surface area contributed by atoms with Gasteiger partial charge in [0, 0.05) is 15.4 Å². The van der Waals surface area contributed by atoms with Gasteiger partial charge in [-0.1, -0.05) is 42.5 Å². The van der Waals surface area contributed by atoms with E-state index in [0.717, 1.165) is 16.7 Å². The second-order valence-corrected chi connectivity index (χ2v) is 6.27. The lowest BCUT2D eigenvalue weighted by Crippen LogP contribution is -2.14. The fraction of sp³-hybridized carbons (Fsp3) is 0.0952. The standard InChI is InChI=1S/C21H17N5O2.3H2/c1-13-19(21-26-25-20(28-21)14-7-3-2-4-8-14)24-17(12-23-13)16-10-6-5-9-15(16)11-18(22)27;;;/h2-10,12H,11H2,1H3,(H2,22,27);3*1H. The second kappa shape index (κ2) is 7.40. The molecule has 0 aliphatic carbocycles. The van der Waals surface area contributed by atoms with Crippen LogP contribution in [-0.2, 0) is 11.2 Å². The van der Waals surface area contributed by atoms with Crippen molar-refractivity contribution in [3.05, 3.63) is 72.1 Å². The van der Waals surface area contributed by atoms with Gasteiger partial charge in [-0.2, -0.15) is 0 Å². The van der Waals surface area contributed by atoms with Crippen molar-refractivity contribution < 1.29 is 13.5 Å². The number of hydrogen-bond donors (Lipinski definition) is 1. The highest BCUT2D eigenvalue weighted by Gasteiger charge is 2.17. The molecule has 4 aromatic rings. The summed E-state index contributed by atoms with van der Waals surface area (Å²) < 4.78 is 5.82. The van der Waals surface area contributed by atoms with E-state index in [0.29, 0.717) is 23.0 Å². The second-order valence-electron chi connectivity index (χ2n) is 6.27. The van der Waals surface area contributed by atoms with E-state index in [1.54, 1.807) is 6.20 Å². The number of carbonyl (C=O) groups is 1. The topological polar surface area (TPSA) is 108 Å². The minimum Gasteiger partial charge on any atom is -0.415 e. The van der Waals surface area contributed by atoms with Crippen LogP contribution in [-0.4, -0.2) is 26.1 Å². The van der Waals surface area contributed by atoms with Crippen LogP contribution in [0, 0.1) is 6.92 Å². The Morgan fingerprint density at radius 2 is 1.75 bits per heavy atom. The third kappa shape index (κ3) is 3.50. The highest BCUT2D eigenvalue weighted by Crippen LogP contribution is 2.28. The Hall–Kier alpha value is -3.87. The Balaban J connectivity index is 0.00000160. The Bertz CT molecular complexity index is 1150. The van der Waals surface area contributed by atoms with Crippen LogP contribution in [0.3, 0.4) is 0 Å². The summed E-state index contributed by atoms with van der Waals surface area (Å²) in [6.07, 6.45) is 1.78. The number of hydrogen-bond acceptors (Lipinski definition) is 6. The summed E-state index contributed by atoms with van der Waals surface area (Å²) in [5, 5.41) is 8.25. The minimum absolute atomic E-state index is 0. The zero-order chi connectivity index (χ0) is 19.5. The van der Waals surface area contributed by atoms with Crippen molar-refractivity contribution in [3.63, 3.8) is 0 Å². The summed E-state index contributed by atoms with van der Waals surface area (Å²) >= 11 is 0. The highest BCUT2D eigenvalue weighted by atomic mass is 16.4. The van der Waals surface area contributed by atoms with Crippen molar-refractivity contribution in [1.82, 2.24) is 20.2 Å². The van der Waals surface area contributed by atoms with E-state index < -0.39 is 5.91 Å². The molecule has 0 radical (unpaired) electrons. The van der Waals surface area contributed by atoms with Gasteiger partial charge in [-0.15, -0.1) is 10.2 Å².